The van der Waals surface area contributed by atoms with Crippen LogP contribution in [-0.2, 0) is 4.79 Å². The first-order valence-corrected chi connectivity index (χ1v) is 9.22. The van der Waals surface area contributed by atoms with Crippen LogP contribution >= 0.6 is 23.4 Å². The number of carbonyl (C=O) groups is 1. The van der Waals surface area contributed by atoms with Crippen LogP contribution in [0, 0.1) is 0 Å². The summed E-state index contributed by atoms with van der Waals surface area (Å²) >= 11 is 7.85. The van der Waals surface area contributed by atoms with Crippen LogP contribution in [0.2, 0.25) is 5.15 Å². The van der Waals surface area contributed by atoms with Crippen molar-refractivity contribution in [3.05, 3.63) is 35.6 Å². The molecular weight excluding hydrogens is 358 g/mol. The summed E-state index contributed by atoms with van der Waals surface area (Å²) < 4.78 is 0. The second kappa shape index (κ2) is 8.03. The Kier molecular flexibility index (Phi) is 5.78. The smallest absolute Gasteiger partial charge is 0.226 e. The maximum absolute atomic E-state index is 11.2. The van der Waals surface area contributed by atoms with Crippen molar-refractivity contribution in [3.8, 4) is 0 Å². The molecule has 1 N–H and O–H groups in total. The van der Waals surface area contributed by atoms with Gasteiger partial charge < -0.3 is 15.1 Å². The third-order valence-electron chi connectivity index (χ3n) is 3.87. The number of halogens is 1. The molecule has 3 rings (SSSR count). The van der Waals surface area contributed by atoms with E-state index in [1.54, 1.807) is 6.20 Å². The molecule has 0 aliphatic carbocycles. The van der Waals surface area contributed by atoms with Gasteiger partial charge in [-0.2, -0.15) is 4.98 Å². The number of piperazine rings is 1. The average molecular weight is 378 g/mol. The van der Waals surface area contributed by atoms with E-state index >= 15 is 0 Å². The van der Waals surface area contributed by atoms with E-state index < -0.39 is 0 Å². The molecule has 1 aliphatic rings. The van der Waals surface area contributed by atoms with Crippen LogP contribution in [0.3, 0.4) is 0 Å². The van der Waals surface area contributed by atoms with Gasteiger partial charge in [0.15, 0.2) is 0 Å². The quantitative estimate of drug-likeness (QED) is 0.826. The zero-order valence-corrected chi connectivity index (χ0v) is 15.8. The fourth-order valence-electron chi connectivity index (χ4n) is 2.54. The molecule has 0 bridgehead atoms. The molecule has 1 fully saturated rings. The largest absolute Gasteiger partial charge is 0.338 e. The molecule has 0 saturated carbocycles. The monoisotopic (exact) mass is 377 g/mol. The summed E-state index contributed by atoms with van der Waals surface area (Å²) in [7, 11) is 2.11. The van der Waals surface area contributed by atoms with Crippen LogP contribution in [0.4, 0.5) is 11.6 Å². The van der Waals surface area contributed by atoms with Gasteiger partial charge in [0.25, 0.3) is 0 Å². The summed E-state index contributed by atoms with van der Waals surface area (Å²) in [6.45, 7) is 5.28. The van der Waals surface area contributed by atoms with Gasteiger partial charge in [-0.05, 0) is 25.2 Å². The lowest BCUT2D eigenvalue weighted by atomic mass is 10.3. The summed E-state index contributed by atoms with van der Waals surface area (Å²) in [5, 5.41) is 3.22. The number of amides is 1. The molecule has 8 heteroatoms. The molecule has 1 amide bonds. The number of carbonyl (C=O) groups excluding carboxylic acids is 1. The Bertz CT molecular complexity index is 764. The van der Waals surface area contributed by atoms with Gasteiger partial charge in [-0.3, -0.25) is 4.79 Å². The van der Waals surface area contributed by atoms with Gasteiger partial charge in [-0.15, -0.1) is 0 Å². The predicted octanol–water partition coefficient (Wildman–Crippen LogP) is 2.99. The van der Waals surface area contributed by atoms with Crippen molar-refractivity contribution in [1.82, 2.24) is 14.9 Å². The van der Waals surface area contributed by atoms with Crippen LogP contribution in [0.25, 0.3) is 0 Å². The van der Waals surface area contributed by atoms with Crippen LogP contribution in [0.1, 0.15) is 6.92 Å². The second-order valence-electron chi connectivity index (χ2n) is 5.93. The van der Waals surface area contributed by atoms with E-state index in [4.69, 9.17) is 11.6 Å². The fraction of sp³-hybridized carbons (Fsp3) is 0.353. The Morgan fingerprint density at radius 3 is 2.72 bits per heavy atom. The van der Waals surface area contributed by atoms with Crippen LogP contribution < -0.4 is 10.2 Å². The van der Waals surface area contributed by atoms with E-state index in [9.17, 15) is 4.79 Å². The van der Waals surface area contributed by atoms with Gasteiger partial charge in [0, 0.05) is 49.9 Å². The molecule has 0 radical (unpaired) electrons. The van der Waals surface area contributed by atoms with E-state index in [0.29, 0.717) is 11.1 Å². The number of nitrogens with one attached hydrogen (secondary N) is 1. The Morgan fingerprint density at radius 2 is 2.04 bits per heavy atom. The normalized spacial score (nSPS) is 15.2. The number of hydrogen-bond acceptors (Lipinski definition) is 6. The van der Waals surface area contributed by atoms with Crippen molar-refractivity contribution in [2.75, 3.05) is 43.4 Å². The summed E-state index contributed by atoms with van der Waals surface area (Å²) in [4.78, 5) is 26.3. The lowest BCUT2D eigenvalue weighted by Gasteiger charge is -2.32. The van der Waals surface area contributed by atoms with Crippen molar-refractivity contribution >= 4 is 40.9 Å². The van der Waals surface area contributed by atoms with Gasteiger partial charge in [0.2, 0.25) is 11.9 Å². The van der Waals surface area contributed by atoms with E-state index in [2.05, 4.69) is 32.1 Å². The number of benzene rings is 1. The minimum absolute atomic E-state index is 0.0972. The lowest BCUT2D eigenvalue weighted by molar-refractivity contribution is -0.114. The molecular formula is C17H20ClN5OS. The molecule has 0 atom stereocenters. The highest BCUT2D eigenvalue weighted by atomic mass is 35.5. The highest BCUT2D eigenvalue weighted by Crippen LogP contribution is 2.33. The number of nitrogens with zero attached hydrogens (tertiary/aromatic N) is 4. The average Bonchev–Trinajstić information content (AvgIpc) is 2.57. The van der Waals surface area contributed by atoms with Crippen LogP contribution in [-0.4, -0.2) is 54.0 Å². The Hall–Kier alpha value is -1.83. The molecule has 1 saturated heterocycles. The molecule has 2 aromatic rings. The summed E-state index contributed by atoms with van der Waals surface area (Å²) in [5.74, 6) is 0.578. The molecule has 0 unspecified atom stereocenters. The van der Waals surface area contributed by atoms with Crippen LogP contribution in [0.5, 0.6) is 0 Å². The third kappa shape index (κ3) is 4.84. The summed E-state index contributed by atoms with van der Waals surface area (Å²) in [6, 6.07) is 7.60. The molecule has 1 aromatic carbocycles. The highest BCUT2D eigenvalue weighted by molar-refractivity contribution is 7.99. The summed E-state index contributed by atoms with van der Waals surface area (Å²) in [6.07, 6.45) is 1.76. The highest BCUT2D eigenvalue weighted by Gasteiger charge is 2.17. The Morgan fingerprint density at radius 1 is 1.28 bits per heavy atom. The van der Waals surface area contributed by atoms with E-state index in [0.717, 1.165) is 41.7 Å². The number of rotatable bonds is 4. The minimum Gasteiger partial charge on any atom is -0.338 e. The molecule has 2 heterocycles. The van der Waals surface area contributed by atoms with Gasteiger partial charge in [0.05, 0.1) is 4.90 Å². The Labute approximate surface area is 156 Å². The summed E-state index contributed by atoms with van der Waals surface area (Å²) in [5.41, 5.74) is 0.753. The molecule has 25 heavy (non-hydrogen) atoms. The second-order valence-corrected chi connectivity index (χ2v) is 7.40. The minimum atomic E-state index is -0.0972. The van der Waals surface area contributed by atoms with Crippen molar-refractivity contribution in [2.45, 2.75) is 16.7 Å². The van der Waals surface area contributed by atoms with E-state index in [1.807, 2.05) is 24.3 Å². The van der Waals surface area contributed by atoms with Crippen molar-refractivity contribution < 1.29 is 4.79 Å². The number of anilines is 2. The molecule has 1 aromatic heterocycles. The van der Waals surface area contributed by atoms with Gasteiger partial charge in [0.1, 0.15) is 5.15 Å². The molecule has 132 valence electrons. The first-order valence-electron chi connectivity index (χ1n) is 8.03. The van der Waals surface area contributed by atoms with Gasteiger partial charge in [-0.25, -0.2) is 4.98 Å². The maximum Gasteiger partial charge on any atom is 0.226 e. The zero-order chi connectivity index (χ0) is 17.8. The Balaban J connectivity index is 1.72. The molecule has 1 aliphatic heterocycles. The lowest BCUT2D eigenvalue weighted by Crippen LogP contribution is -2.45. The van der Waals surface area contributed by atoms with Gasteiger partial charge in [-0.1, -0.05) is 29.4 Å². The fourth-order valence-corrected chi connectivity index (χ4v) is 3.60. The van der Waals surface area contributed by atoms with E-state index in [-0.39, 0.29) is 5.91 Å². The number of hydrogen-bond donors (Lipinski definition) is 1. The van der Waals surface area contributed by atoms with Crippen molar-refractivity contribution in [1.29, 1.82) is 0 Å². The number of aromatic nitrogens is 2. The van der Waals surface area contributed by atoms with Crippen LogP contribution in [0.15, 0.2) is 40.3 Å². The molecule has 0 spiro atoms. The van der Waals surface area contributed by atoms with E-state index in [1.165, 1.54) is 18.7 Å². The first-order chi connectivity index (χ1) is 12.0. The standard InChI is InChI=1S/C17H20ClN5OS/c1-12(24)20-13-4-3-5-14(10-13)25-15-11-19-17(21-16(15)18)23-8-6-22(2)7-9-23/h3-5,10-11H,6-9H2,1-2H3,(H,20,24). The topological polar surface area (TPSA) is 61.4 Å². The van der Waals surface area contributed by atoms with Gasteiger partial charge >= 0.3 is 0 Å². The number of likely N-dealkylation sites (N-methyl/N-ethyl adjacent to an activating group) is 1. The first kappa shape index (κ1) is 18.0. The molecule has 6 nitrogen and oxygen atoms in total. The SMILES string of the molecule is CC(=O)Nc1cccc(Sc2cnc(N3CCN(C)CC3)nc2Cl)c1. The third-order valence-corrected chi connectivity index (χ3v) is 5.28. The maximum atomic E-state index is 11.2. The van der Waals surface area contributed by atoms with Crippen molar-refractivity contribution in [3.63, 3.8) is 0 Å². The predicted molar refractivity (Wildman–Crippen MR) is 102 cm³/mol. The zero-order valence-electron chi connectivity index (χ0n) is 14.2. The van der Waals surface area contributed by atoms with Crippen molar-refractivity contribution in [2.24, 2.45) is 0 Å².